The zero-order valence-corrected chi connectivity index (χ0v) is 12.3. The van der Waals surface area contributed by atoms with Crippen LogP contribution in [0.3, 0.4) is 0 Å². The van der Waals surface area contributed by atoms with Gasteiger partial charge in [0.2, 0.25) is 0 Å². The molecular weight excluding hydrogens is 268 g/mol. The van der Waals surface area contributed by atoms with E-state index >= 15 is 0 Å². The summed E-state index contributed by atoms with van der Waals surface area (Å²) in [7, 11) is 4.74. The van der Waals surface area contributed by atoms with E-state index in [1.165, 1.54) is 19.1 Å². The third-order valence-electron chi connectivity index (χ3n) is 3.23. The van der Waals surface area contributed by atoms with Crippen molar-refractivity contribution < 1.29 is 14.3 Å². The first kappa shape index (κ1) is 14.7. The Bertz CT molecular complexity index is 616. The van der Waals surface area contributed by atoms with E-state index in [2.05, 4.69) is 0 Å². The first-order chi connectivity index (χ1) is 10.1. The summed E-state index contributed by atoms with van der Waals surface area (Å²) in [6.07, 6.45) is 0. The van der Waals surface area contributed by atoms with Crippen LogP contribution in [-0.4, -0.2) is 27.2 Å². The van der Waals surface area contributed by atoms with Crippen LogP contribution in [0.2, 0.25) is 0 Å². The van der Waals surface area contributed by atoms with Gasteiger partial charge in [0.05, 0.1) is 14.2 Å². The van der Waals surface area contributed by atoms with Crippen molar-refractivity contribution in [3.63, 3.8) is 0 Å². The molecule has 5 nitrogen and oxygen atoms in total. The molecule has 2 N–H and O–H groups in total. The van der Waals surface area contributed by atoms with Crippen LogP contribution in [0.1, 0.15) is 10.4 Å². The van der Waals surface area contributed by atoms with Crippen LogP contribution in [0.5, 0.6) is 11.5 Å². The molecule has 0 atom stereocenters. The third kappa shape index (κ3) is 2.91. The minimum absolute atomic E-state index is 0.214. The fourth-order valence-electron chi connectivity index (χ4n) is 2.04. The average Bonchev–Trinajstić information content (AvgIpc) is 2.53. The predicted molar refractivity (Wildman–Crippen MR) is 83.1 cm³/mol. The minimum Gasteiger partial charge on any atom is -0.496 e. The van der Waals surface area contributed by atoms with Crippen LogP contribution < -0.4 is 20.1 Å². The van der Waals surface area contributed by atoms with Crippen LogP contribution in [0.4, 0.5) is 11.4 Å². The van der Waals surface area contributed by atoms with E-state index in [0.29, 0.717) is 22.7 Å². The molecule has 0 radical (unpaired) electrons. The summed E-state index contributed by atoms with van der Waals surface area (Å²) < 4.78 is 10.5. The van der Waals surface area contributed by atoms with E-state index in [-0.39, 0.29) is 5.91 Å². The van der Waals surface area contributed by atoms with Crippen LogP contribution in [0.15, 0.2) is 42.5 Å². The SMILES string of the molecule is COc1cccc(OC)c1C(=O)N(C)c1ccc(N)cc1. The Labute approximate surface area is 123 Å². The molecule has 0 aliphatic heterocycles. The summed E-state index contributed by atoms with van der Waals surface area (Å²) in [6, 6.07) is 12.3. The van der Waals surface area contributed by atoms with Gasteiger partial charge in [-0.25, -0.2) is 0 Å². The lowest BCUT2D eigenvalue weighted by molar-refractivity contribution is 0.0987. The van der Waals surface area contributed by atoms with Gasteiger partial charge in [0, 0.05) is 18.4 Å². The molecule has 0 heterocycles. The number of benzene rings is 2. The smallest absolute Gasteiger partial charge is 0.265 e. The number of carbonyl (C=O) groups excluding carboxylic acids is 1. The fourth-order valence-corrected chi connectivity index (χ4v) is 2.04. The Balaban J connectivity index is 2.41. The lowest BCUT2D eigenvalue weighted by atomic mass is 10.1. The maximum absolute atomic E-state index is 12.7. The Hall–Kier alpha value is -2.69. The van der Waals surface area contributed by atoms with E-state index in [4.69, 9.17) is 15.2 Å². The number of nitrogen functional groups attached to an aromatic ring is 1. The van der Waals surface area contributed by atoms with Gasteiger partial charge in [-0.1, -0.05) is 6.07 Å². The number of methoxy groups -OCH3 is 2. The van der Waals surface area contributed by atoms with Gasteiger partial charge in [-0.05, 0) is 36.4 Å². The summed E-state index contributed by atoms with van der Waals surface area (Å²) in [5, 5.41) is 0. The average molecular weight is 286 g/mol. The number of nitrogens with zero attached hydrogens (tertiary/aromatic N) is 1. The molecule has 0 saturated heterocycles. The second kappa shape index (κ2) is 6.17. The molecule has 2 aromatic rings. The number of anilines is 2. The molecule has 5 heteroatoms. The molecule has 0 saturated carbocycles. The van der Waals surface area contributed by atoms with Crippen molar-refractivity contribution in [3.8, 4) is 11.5 Å². The maximum Gasteiger partial charge on any atom is 0.265 e. The van der Waals surface area contributed by atoms with Gasteiger partial charge >= 0.3 is 0 Å². The topological polar surface area (TPSA) is 64.8 Å². The lowest BCUT2D eigenvalue weighted by Gasteiger charge is -2.20. The predicted octanol–water partition coefficient (Wildman–Crippen LogP) is 2.56. The zero-order chi connectivity index (χ0) is 15.4. The normalized spacial score (nSPS) is 10.0. The molecule has 0 aliphatic rings. The van der Waals surface area contributed by atoms with Crippen molar-refractivity contribution in [2.75, 3.05) is 31.9 Å². The molecule has 0 fully saturated rings. The van der Waals surface area contributed by atoms with Crippen molar-refractivity contribution >= 4 is 17.3 Å². The van der Waals surface area contributed by atoms with E-state index < -0.39 is 0 Å². The quantitative estimate of drug-likeness (QED) is 0.877. The highest BCUT2D eigenvalue weighted by molar-refractivity contribution is 6.09. The van der Waals surface area contributed by atoms with E-state index in [0.717, 1.165) is 5.69 Å². The Morgan fingerprint density at radius 2 is 1.52 bits per heavy atom. The van der Waals surface area contributed by atoms with Gasteiger partial charge in [0.15, 0.2) is 0 Å². The zero-order valence-electron chi connectivity index (χ0n) is 12.3. The highest BCUT2D eigenvalue weighted by Gasteiger charge is 2.22. The molecule has 0 aliphatic carbocycles. The van der Waals surface area contributed by atoms with E-state index in [9.17, 15) is 4.79 Å². The monoisotopic (exact) mass is 286 g/mol. The summed E-state index contributed by atoms with van der Waals surface area (Å²) in [5.41, 5.74) is 7.44. The van der Waals surface area contributed by atoms with Gasteiger partial charge in [-0.3, -0.25) is 4.79 Å². The number of ether oxygens (including phenoxy) is 2. The third-order valence-corrected chi connectivity index (χ3v) is 3.23. The molecular formula is C16H18N2O3. The fraction of sp³-hybridized carbons (Fsp3) is 0.188. The van der Waals surface area contributed by atoms with Crippen LogP contribution in [0, 0.1) is 0 Å². The molecule has 0 bridgehead atoms. The molecule has 0 spiro atoms. The van der Waals surface area contributed by atoms with Crippen molar-refractivity contribution in [1.82, 2.24) is 0 Å². The van der Waals surface area contributed by atoms with Gasteiger partial charge in [-0.15, -0.1) is 0 Å². The van der Waals surface area contributed by atoms with Gasteiger partial charge < -0.3 is 20.1 Å². The largest absolute Gasteiger partial charge is 0.496 e. The Morgan fingerprint density at radius 1 is 1.00 bits per heavy atom. The number of rotatable bonds is 4. The van der Waals surface area contributed by atoms with E-state index in [1.54, 1.807) is 49.5 Å². The van der Waals surface area contributed by atoms with Crippen molar-refractivity contribution in [3.05, 3.63) is 48.0 Å². The summed E-state index contributed by atoms with van der Waals surface area (Å²) in [6.45, 7) is 0. The molecule has 0 unspecified atom stereocenters. The van der Waals surface area contributed by atoms with Crippen molar-refractivity contribution in [2.24, 2.45) is 0 Å². The second-order valence-electron chi connectivity index (χ2n) is 4.49. The molecule has 2 rings (SSSR count). The maximum atomic E-state index is 12.7. The molecule has 110 valence electrons. The van der Waals surface area contributed by atoms with Crippen LogP contribution in [0.25, 0.3) is 0 Å². The van der Waals surface area contributed by atoms with Crippen LogP contribution in [-0.2, 0) is 0 Å². The Kier molecular flexibility index (Phi) is 4.33. The number of nitrogens with two attached hydrogens (primary N) is 1. The molecule has 2 aromatic carbocycles. The number of hydrogen-bond donors (Lipinski definition) is 1. The van der Waals surface area contributed by atoms with Gasteiger partial charge in [0.1, 0.15) is 17.1 Å². The van der Waals surface area contributed by atoms with Crippen molar-refractivity contribution in [1.29, 1.82) is 0 Å². The van der Waals surface area contributed by atoms with E-state index in [1.807, 2.05) is 0 Å². The van der Waals surface area contributed by atoms with Crippen LogP contribution >= 0.6 is 0 Å². The Morgan fingerprint density at radius 3 is 2.00 bits per heavy atom. The highest BCUT2D eigenvalue weighted by Crippen LogP contribution is 2.30. The summed E-state index contributed by atoms with van der Waals surface area (Å²) in [5.74, 6) is 0.734. The minimum atomic E-state index is -0.214. The lowest BCUT2D eigenvalue weighted by Crippen LogP contribution is -2.27. The van der Waals surface area contributed by atoms with Gasteiger partial charge in [-0.2, -0.15) is 0 Å². The molecule has 21 heavy (non-hydrogen) atoms. The van der Waals surface area contributed by atoms with Gasteiger partial charge in [0.25, 0.3) is 5.91 Å². The first-order valence-electron chi connectivity index (χ1n) is 6.43. The summed E-state index contributed by atoms with van der Waals surface area (Å²) >= 11 is 0. The highest BCUT2D eigenvalue weighted by atomic mass is 16.5. The number of hydrogen-bond acceptors (Lipinski definition) is 4. The first-order valence-corrected chi connectivity index (χ1v) is 6.43. The number of amides is 1. The van der Waals surface area contributed by atoms with Crippen molar-refractivity contribution in [2.45, 2.75) is 0 Å². The number of carbonyl (C=O) groups is 1. The standard InChI is InChI=1S/C16H18N2O3/c1-18(12-9-7-11(17)8-10-12)16(19)15-13(20-2)5-4-6-14(15)21-3/h4-10H,17H2,1-3H3. The summed E-state index contributed by atoms with van der Waals surface area (Å²) in [4.78, 5) is 14.3. The second-order valence-corrected chi connectivity index (χ2v) is 4.49. The molecule has 0 aromatic heterocycles. The molecule has 1 amide bonds.